The molecule has 0 spiro atoms. The van der Waals surface area contributed by atoms with Crippen molar-refractivity contribution in [1.82, 2.24) is 5.32 Å². The molecule has 0 bridgehead atoms. The summed E-state index contributed by atoms with van der Waals surface area (Å²) in [5.41, 5.74) is 0. The number of nitrogens with one attached hydrogen (secondary N) is 1. The minimum Gasteiger partial charge on any atom is -0.480 e. The Bertz CT molecular complexity index is 558. The van der Waals surface area contributed by atoms with Gasteiger partial charge in [0.05, 0.1) is 17.5 Å². The van der Waals surface area contributed by atoms with Gasteiger partial charge in [0.15, 0.2) is 13.2 Å². The number of ether oxygens (including phenoxy) is 2. The molecule has 1 aromatic rings. The molecule has 0 fully saturated rings. The van der Waals surface area contributed by atoms with E-state index in [2.05, 4.69) is 5.32 Å². The van der Waals surface area contributed by atoms with Crippen LogP contribution in [-0.4, -0.2) is 31.6 Å². The van der Waals surface area contributed by atoms with Crippen molar-refractivity contribution in [2.24, 2.45) is 0 Å². The number of esters is 1. The van der Waals surface area contributed by atoms with E-state index >= 15 is 0 Å². The van der Waals surface area contributed by atoms with Crippen molar-refractivity contribution in [3.63, 3.8) is 0 Å². The second-order valence-electron chi connectivity index (χ2n) is 3.78. The van der Waals surface area contributed by atoms with Crippen molar-refractivity contribution >= 4 is 35.1 Å². The fourth-order valence-electron chi connectivity index (χ4n) is 1.23. The quantitative estimate of drug-likeness (QED) is 0.609. The van der Waals surface area contributed by atoms with Crippen LogP contribution in [0.5, 0.6) is 5.75 Å². The number of halogens is 2. The predicted molar refractivity (Wildman–Crippen MR) is 76.2 cm³/mol. The van der Waals surface area contributed by atoms with Gasteiger partial charge >= 0.3 is 5.97 Å². The molecule has 1 N–H and O–H groups in total. The molecule has 0 aliphatic rings. The zero-order chi connectivity index (χ0) is 15.7. The topological polar surface area (TPSA) is 88.4 Å². The minimum atomic E-state index is -0.712. The number of benzene rings is 1. The number of nitrogens with zero attached hydrogens (tertiary/aromatic N) is 1. The van der Waals surface area contributed by atoms with E-state index < -0.39 is 18.5 Å². The van der Waals surface area contributed by atoms with Crippen LogP contribution in [0.3, 0.4) is 0 Å². The first-order valence-corrected chi connectivity index (χ1v) is 6.65. The van der Waals surface area contributed by atoms with E-state index in [1.807, 2.05) is 6.07 Å². The summed E-state index contributed by atoms with van der Waals surface area (Å²) < 4.78 is 9.84. The molecule has 1 aromatic carbocycles. The number of nitriles is 1. The average Bonchev–Trinajstić information content (AvgIpc) is 2.44. The molecule has 8 heteroatoms. The van der Waals surface area contributed by atoms with Gasteiger partial charge in [-0.3, -0.25) is 4.79 Å². The zero-order valence-electron chi connectivity index (χ0n) is 10.9. The molecule has 0 saturated heterocycles. The van der Waals surface area contributed by atoms with Crippen LogP contribution in [0.2, 0.25) is 10.0 Å². The Kier molecular flexibility index (Phi) is 7.37. The van der Waals surface area contributed by atoms with E-state index in [4.69, 9.17) is 37.9 Å². The Morgan fingerprint density at radius 1 is 1.29 bits per heavy atom. The lowest BCUT2D eigenvalue weighted by Crippen LogP contribution is -2.30. The first-order valence-electron chi connectivity index (χ1n) is 5.90. The zero-order valence-corrected chi connectivity index (χ0v) is 12.4. The molecule has 0 aromatic heterocycles. The molecule has 0 saturated carbocycles. The summed E-state index contributed by atoms with van der Waals surface area (Å²) in [6.07, 6.45) is 0.192. The molecule has 0 heterocycles. The van der Waals surface area contributed by atoms with Crippen molar-refractivity contribution in [3.05, 3.63) is 28.2 Å². The highest BCUT2D eigenvalue weighted by molar-refractivity contribution is 6.35. The average molecular weight is 331 g/mol. The number of hydrogen-bond donors (Lipinski definition) is 1. The lowest BCUT2D eigenvalue weighted by molar-refractivity contribution is -0.150. The maximum Gasteiger partial charge on any atom is 0.344 e. The monoisotopic (exact) mass is 330 g/mol. The Balaban J connectivity index is 2.28. The standard InChI is InChI=1S/C13H12Cl2N2O4/c14-9-2-3-11(10(15)6-9)20-8-13(19)21-7-12(18)17-5-1-4-16/h2-3,6H,1,5,7-8H2,(H,17,18). The van der Waals surface area contributed by atoms with Crippen molar-refractivity contribution < 1.29 is 19.1 Å². The predicted octanol–water partition coefficient (Wildman–Crippen LogP) is 1.95. The maximum atomic E-state index is 11.4. The van der Waals surface area contributed by atoms with Gasteiger partial charge in [0.2, 0.25) is 0 Å². The summed E-state index contributed by atoms with van der Waals surface area (Å²) in [6, 6.07) is 6.44. The van der Waals surface area contributed by atoms with E-state index in [0.717, 1.165) is 0 Å². The van der Waals surface area contributed by atoms with Crippen molar-refractivity contribution in [2.75, 3.05) is 19.8 Å². The molecular weight excluding hydrogens is 319 g/mol. The smallest absolute Gasteiger partial charge is 0.344 e. The van der Waals surface area contributed by atoms with Gasteiger partial charge in [-0.05, 0) is 18.2 Å². The third-order valence-electron chi connectivity index (χ3n) is 2.16. The summed E-state index contributed by atoms with van der Waals surface area (Å²) in [4.78, 5) is 22.6. The normalized spacial score (nSPS) is 9.57. The Labute approximate surface area is 131 Å². The lowest BCUT2D eigenvalue weighted by atomic mass is 10.3. The summed E-state index contributed by atoms with van der Waals surface area (Å²) >= 11 is 11.6. The SMILES string of the molecule is N#CCCNC(=O)COC(=O)COc1ccc(Cl)cc1Cl. The molecular formula is C13H12Cl2N2O4. The number of amides is 1. The molecule has 0 aliphatic carbocycles. The first kappa shape index (κ1) is 17.1. The van der Waals surface area contributed by atoms with Crippen LogP contribution in [0.25, 0.3) is 0 Å². The fourth-order valence-corrected chi connectivity index (χ4v) is 1.69. The molecule has 112 valence electrons. The van der Waals surface area contributed by atoms with E-state index in [1.165, 1.54) is 12.1 Å². The molecule has 0 radical (unpaired) electrons. The second-order valence-corrected chi connectivity index (χ2v) is 4.63. The van der Waals surface area contributed by atoms with Crippen molar-refractivity contribution in [1.29, 1.82) is 5.26 Å². The second kappa shape index (κ2) is 9.06. The molecule has 6 nitrogen and oxygen atoms in total. The molecule has 0 atom stereocenters. The summed E-state index contributed by atoms with van der Waals surface area (Å²) in [5.74, 6) is -0.906. The van der Waals surface area contributed by atoms with E-state index in [1.54, 1.807) is 6.07 Å². The minimum absolute atomic E-state index is 0.192. The number of hydrogen-bond acceptors (Lipinski definition) is 5. The van der Waals surface area contributed by atoms with Crippen LogP contribution in [-0.2, 0) is 14.3 Å². The van der Waals surface area contributed by atoms with Crippen LogP contribution in [0, 0.1) is 11.3 Å². The number of carbonyl (C=O) groups excluding carboxylic acids is 2. The van der Waals surface area contributed by atoms with E-state index in [0.29, 0.717) is 5.02 Å². The van der Waals surface area contributed by atoms with Gasteiger partial charge in [0.25, 0.3) is 5.91 Å². The molecule has 1 rings (SSSR count). The van der Waals surface area contributed by atoms with Crippen LogP contribution >= 0.6 is 23.2 Å². The van der Waals surface area contributed by atoms with E-state index in [-0.39, 0.29) is 30.3 Å². The number of rotatable bonds is 7. The largest absolute Gasteiger partial charge is 0.480 e. The van der Waals surface area contributed by atoms with Crippen LogP contribution < -0.4 is 10.1 Å². The Morgan fingerprint density at radius 2 is 2.05 bits per heavy atom. The third-order valence-corrected chi connectivity index (χ3v) is 2.69. The summed E-state index contributed by atoms with van der Waals surface area (Å²) in [7, 11) is 0. The van der Waals surface area contributed by atoms with Crippen molar-refractivity contribution in [3.8, 4) is 11.8 Å². The first-order chi connectivity index (χ1) is 10.0. The highest BCUT2D eigenvalue weighted by atomic mass is 35.5. The molecule has 1 amide bonds. The maximum absolute atomic E-state index is 11.4. The third kappa shape index (κ3) is 6.84. The van der Waals surface area contributed by atoms with Gasteiger partial charge in [0, 0.05) is 11.6 Å². The van der Waals surface area contributed by atoms with Crippen molar-refractivity contribution in [2.45, 2.75) is 6.42 Å². The van der Waals surface area contributed by atoms with Gasteiger partial charge in [-0.1, -0.05) is 23.2 Å². The van der Waals surface area contributed by atoms with Gasteiger partial charge in [-0.25, -0.2) is 4.79 Å². The van der Waals surface area contributed by atoms with Crippen LogP contribution in [0.4, 0.5) is 0 Å². The summed E-state index contributed by atoms with van der Waals surface area (Å²) in [6.45, 7) is -0.599. The Hall–Kier alpha value is -1.97. The van der Waals surface area contributed by atoms with Gasteiger partial charge in [-0.15, -0.1) is 0 Å². The highest BCUT2D eigenvalue weighted by Crippen LogP contribution is 2.27. The molecule has 0 unspecified atom stereocenters. The van der Waals surface area contributed by atoms with Gasteiger partial charge in [0.1, 0.15) is 5.75 Å². The van der Waals surface area contributed by atoms with Crippen LogP contribution in [0.1, 0.15) is 6.42 Å². The molecule has 0 aliphatic heterocycles. The number of carbonyl (C=O) groups is 2. The highest BCUT2D eigenvalue weighted by Gasteiger charge is 2.09. The lowest BCUT2D eigenvalue weighted by Gasteiger charge is -2.08. The van der Waals surface area contributed by atoms with Gasteiger partial charge < -0.3 is 14.8 Å². The Morgan fingerprint density at radius 3 is 2.71 bits per heavy atom. The summed E-state index contributed by atoms with van der Waals surface area (Å²) in [5, 5.41) is 11.4. The molecule has 21 heavy (non-hydrogen) atoms. The van der Waals surface area contributed by atoms with E-state index in [9.17, 15) is 9.59 Å². The van der Waals surface area contributed by atoms with Crippen LogP contribution in [0.15, 0.2) is 18.2 Å². The fraction of sp³-hybridized carbons (Fsp3) is 0.308. The van der Waals surface area contributed by atoms with Gasteiger partial charge in [-0.2, -0.15) is 5.26 Å².